The Kier molecular flexibility index (Phi) is 3.89. The number of thiol groups is 1. The quantitative estimate of drug-likeness (QED) is 0.800. The van der Waals surface area contributed by atoms with Crippen molar-refractivity contribution in [2.45, 2.75) is 4.90 Å². The van der Waals surface area contributed by atoms with Gasteiger partial charge in [0.25, 0.3) is 5.91 Å². The Bertz CT molecular complexity index is 603. The molecule has 0 spiro atoms. The highest BCUT2D eigenvalue weighted by molar-refractivity contribution is 7.80. The van der Waals surface area contributed by atoms with Gasteiger partial charge in [-0.2, -0.15) is 0 Å². The van der Waals surface area contributed by atoms with Crippen LogP contribution in [-0.4, -0.2) is 5.91 Å². The zero-order chi connectivity index (χ0) is 13.1. The van der Waals surface area contributed by atoms with Gasteiger partial charge in [-0.25, -0.2) is 4.39 Å². The van der Waals surface area contributed by atoms with Crippen molar-refractivity contribution in [3.63, 3.8) is 0 Å². The summed E-state index contributed by atoms with van der Waals surface area (Å²) in [5.74, 6) is -1.05. The average molecular weight is 282 g/mol. The summed E-state index contributed by atoms with van der Waals surface area (Å²) < 4.78 is 13.6. The van der Waals surface area contributed by atoms with Gasteiger partial charge in [-0.15, -0.1) is 12.6 Å². The second kappa shape index (κ2) is 5.42. The Morgan fingerprint density at radius 1 is 1.22 bits per heavy atom. The summed E-state index contributed by atoms with van der Waals surface area (Å²) >= 11 is 9.77. The van der Waals surface area contributed by atoms with Crippen molar-refractivity contribution in [3.8, 4) is 0 Å². The van der Waals surface area contributed by atoms with Crippen LogP contribution in [0, 0.1) is 5.82 Å². The topological polar surface area (TPSA) is 29.1 Å². The Hall–Kier alpha value is -1.52. The number of carbonyl (C=O) groups is 1. The number of carbonyl (C=O) groups excluding carboxylic acids is 1. The molecule has 0 saturated heterocycles. The van der Waals surface area contributed by atoms with E-state index in [2.05, 4.69) is 17.9 Å². The highest BCUT2D eigenvalue weighted by Crippen LogP contribution is 2.22. The molecule has 2 aromatic rings. The highest BCUT2D eigenvalue weighted by Gasteiger charge is 2.11. The predicted molar refractivity (Wildman–Crippen MR) is 73.1 cm³/mol. The van der Waals surface area contributed by atoms with E-state index >= 15 is 0 Å². The average Bonchev–Trinajstić information content (AvgIpc) is 2.35. The van der Waals surface area contributed by atoms with Crippen molar-refractivity contribution >= 4 is 35.8 Å². The predicted octanol–water partition coefficient (Wildman–Crippen LogP) is 4.02. The molecule has 0 aliphatic carbocycles. The first-order chi connectivity index (χ1) is 8.58. The monoisotopic (exact) mass is 281 g/mol. The molecular weight excluding hydrogens is 273 g/mol. The molecule has 18 heavy (non-hydrogen) atoms. The number of halogens is 2. The van der Waals surface area contributed by atoms with E-state index in [1.807, 2.05) is 0 Å². The SMILES string of the molecule is O=C(Nc1cccc(Cl)c1F)c1cccc(S)c1. The van der Waals surface area contributed by atoms with Gasteiger partial charge in [-0.3, -0.25) is 4.79 Å². The molecule has 0 aliphatic rings. The van der Waals surface area contributed by atoms with Gasteiger partial charge < -0.3 is 5.32 Å². The van der Waals surface area contributed by atoms with Crippen LogP contribution in [0.2, 0.25) is 5.02 Å². The summed E-state index contributed by atoms with van der Waals surface area (Å²) in [5.41, 5.74) is 0.457. The fourth-order valence-corrected chi connectivity index (χ4v) is 1.84. The fraction of sp³-hybridized carbons (Fsp3) is 0. The Balaban J connectivity index is 2.24. The highest BCUT2D eigenvalue weighted by atomic mass is 35.5. The third-order valence-electron chi connectivity index (χ3n) is 2.31. The number of hydrogen-bond donors (Lipinski definition) is 2. The molecule has 2 aromatic carbocycles. The maximum absolute atomic E-state index is 13.6. The lowest BCUT2D eigenvalue weighted by Gasteiger charge is -2.07. The summed E-state index contributed by atoms with van der Waals surface area (Å²) in [4.78, 5) is 12.5. The van der Waals surface area contributed by atoms with Gasteiger partial charge in [0.1, 0.15) is 0 Å². The first kappa shape index (κ1) is 12.9. The summed E-state index contributed by atoms with van der Waals surface area (Å²) in [6, 6.07) is 11.1. The van der Waals surface area contributed by atoms with Crippen LogP contribution in [0.15, 0.2) is 47.4 Å². The minimum atomic E-state index is -0.644. The van der Waals surface area contributed by atoms with Crippen molar-refractivity contribution < 1.29 is 9.18 Å². The van der Waals surface area contributed by atoms with Crippen molar-refractivity contribution in [3.05, 3.63) is 58.9 Å². The van der Waals surface area contributed by atoms with Gasteiger partial charge in [0.05, 0.1) is 10.7 Å². The molecule has 0 bridgehead atoms. The largest absolute Gasteiger partial charge is 0.319 e. The van der Waals surface area contributed by atoms with Gasteiger partial charge in [0.2, 0.25) is 0 Å². The summed E-state index contributed by atoms with van der Waals surface area (Å²) in [5, 5.41) is 2.43. The standard InChI is InChI=1S/C13H9ClFNOS/c14-10-5-2-6-11(12(10)15)16-13(17)8-3-1-4-9(18)7-8/h1-7,18H,(H,16,17). The smallest absolute Gasteiger partial charge is 0.255 e. The molecule has 5 heteroatoms. The number of anilines is 1. The number of hydrogen-bond acceptors (Lipinski definition) is 2. The van der Waals surface area contributed by atoms with Crippen LogP contribution < -0.4 is 5.32 Å². The molecule has 2 rings (SSSR count). The second-order valence-electron chi connectivity index (χ2n) is 3.61. The van der Waals surface area contributed by atoms with Crippen LogP contribution in [0.25, 0.3) is 0 Å². The molecular formula is C13H9ClFNOS. The number of rotatable bonds is 2. The molecule has 0 heterocycles. The fourth-order valence-electron chi connectivity index (χ4n) is 1.44. The Labute approximate surface area is 114 Å². The van der Waals surface area contributed by atoms with Crippen LogP contribution in [0.1, 0.15) is 10.4 Å². The zero-order valence-corrected chi connectivity index (χ0v) is 10.8. The summed E-state index contributed by atoms with van der Waals surface area (Å²) in [7, 11) is 0. The molecule has 0 aromatic heterocycles. The zero-order valence-electron chi connectivity index (χ0n) is 9.15. The molecule has 0 aliphatic heterocycles. The van der Waals surface area contributed by atoms with Crippen LogP contribution in [0.4, 0.5) is 10.1 Å². The lowest BCUT2D eigenvalue weighted by molar-refractivity contribution is 0.102. The lowest BCUT2D eigenvalue weighted by Crippen LogP contribution is -2.13. The summed E-state index contributed by atoms with van der Waals surface area (Å²) in [6.07, 6.45) is 0. The van der Waals surface area contributed by atoms with E-state index in [0.29, 0.717) is 10.5 Å². The number of nitrogens with one attached hydrogen (secondary N) is 1. The van der Waals surface area contributed by atoms with E-state index in [0.717, 1.165) is 0 Å². The maximum atomic E-state index is 13.6. The van der Waals surface area contributed by atoms with Crippen LogP contribution >= 0.6 is 24.2 Å². The maximum Gasteiger partial charge on any atom is 0.255 e. The molecule has 0 fully saturated rings. The van der Waals surface area contributed by atoms with E-state index in [1.165, 1.54) is 12.1 Å². The first-order valence-electron chi connectivity index (χ1n) is 5.12. The normalized spacial score (nSPS) is 10.2. The van der Waals surface area contributed by atoms with Gasteiger partial charge in [-0.1, -0.05) is 23.7 Å². The number of benzene rings is 2. The van der Waals surface area contributed by atoms with E-state index in [1.54, 1.807) is 30.3 Å². The molecule has 0 unspecified atom stereocenters. The van der Waals surface area contributed by atoms with Crippen LogP contribution in [-0.2, 0) is 0 Å². The van der Waals surface area contributed by atoms with E-state index < -0.39 is 11.7 Å². The Morgan fingerprint density at radius 2 is 1.94 bits per heavy atom. The van der Waals surface area contributed by atoms with E-state index in [-0.39, 0.29) is 10.7 Å². The second-order valence-corrected chi connectivity index (χ2v) is 4.53. The van der Waals surface area contributed by atoms with Gasteiger partial charge >= 0.3 is 0 Å². The van der Waals surface area contributed by atoms with Crippen molar-refractivity contribution in [1.29, 1.82) is 0 Å². The molecule has 1 N–H and O–H groups in total. The molecule has 2 nitrogen and oxygen atoms in total. The van der Waals surface area contributed by atoms with Gasteiger partial charge in [0, 0.05) is 10.5 Å². The van der Waals surface area contributed by atoms with E-state index in [9.17, 15) is 9.18 Å². The molecule has 0 saturated carbocycles. The van der Waals surface area contributed by atoms with Crippen molar-refractivity contribution in [1.82, 2.24) is 0 Å². The first-order valence-corrected chi connectivity index (χ1v) is 5.95. The third-order valence-corrected chi connectivity index (χ3v) is 2.88. The van der Waals surface area contributed by atoms with Crippen molar-refractivity contribution in [2.24, 2.45) is 0 Å². The molecule has 92 valence electrons. The minimum Gasteiger partial charge on any atom is -0.319 e. The molecule has 0 atom stereocenters. The molecule has 0 radical (unpaired) electrons. The Morgan fingerprint density at radius 3 is 2.67 bits per heavy atom. The van der Waals surface area contributed by atoms with Crippen LogP contribution in [0.5, 0.6) is 0 Å². The molecule has 1 amide bonds. The van der Waals surface area contributed by atoms with Gasteiger partial charge in [-0.05, 0) is 30.3 Å². The van der Waals surface area contributed by atoms with Crippen LogP contribution in [0.3, 0.4) is 0 Å². The van der Waals surface area contributed by atoms with Gasteiger partial charge in [0.15, 0.2) is 5.82 Å². The summed E-state index contributed by atoms with van der Waals surface area (Å²) in [6.45, 7) is 0. The minimum absolute atomic E-state index is 0.0317. The lowest BCUT2D eigenvalue weighted by atomic mass is 10.2. The van der Waals surface area contributed by atoms with Crippen molar-refractivity contribution in [2.75, 3.05) is 5.32 Å². The number of amides is 1. The van der Waals surface area contributed by atoms with E-state index in [4.69, 9.17) is 11.6 Å². The third kappa shape index (κ3) is 2.83.